The van der Waals surface area contributed by atoms with Gasteiger partial charge in [-0.2, -0.15) is 0 Å². The molecule has 0 amide bonds. The van der Waals surface area contributed by atoms with Crippen molar-refractivity contribution >= 4 is 5.78 Å². The molecule has 2 aliphatic rings. The second kappa shape index (κ2) is 4.09. The molecule has 2 rings (SSSR count). The molecule has 0 aromatic heterocycles. The number of ketones is 1. The Morgan fingerprint density at radius 3 is 2.71 bits per heavy atom. The van der Waals surface area contributed by atoms with E-state index >= 15 is 0 Å². The van der Waals surface area contributed by atoms with Crippen molar-refractivity contribution in [3.63, 3.8) is 0 Å². The number of carbonyl (C=O) groups is 1. The zero-order chi connectivity index (χ0) is 12.8. The van der Waals surface area contributed by atoms with Gasteiger partial charge in [-0.05, 0) is 50.5 Å². The first-order chi connectivity index (χ1) is 7.83. The fourth-order valence-electron chi connectivity index (χ4n) is 3.24. The van der Waals surface area contributed by atoms with E-state index in [2.05, 4.69) is 13.5 Å². The van der Waals surface area contributed by atoms with Gasteiger partial charge in [-0.3, -0.25) is 4.79 Å². The monoisotopic (exact) mass is 234 g/mol. The molecule has 0 aromatic rings. The Hall–Kier alpha value is -0.890. The number of aliphatic hydroxyl groups is 1. The molecule has 0 saturated carbocycles. The van der Waals surface area contributed by atoms with Crippen LogP contribution in [0.1, 0.15) is 46.5 Å². The van der Waals surface area contributed by atoms with Gasteiger partial charge in [0, 0.05) is 12.0 Å². The lowest BCUT2D eigenvalue weighted by Gasteiger charge is -2.24. The second-order valence-corrected chi connectivity index (χ2v) is 5.99. The lowest BCUT2D eigenvalue weighted by Crippen LogP contribution is -2.25. The van der Waals surface area contributed by atoms with E-state index in [0.717, 1.165) is 30.4 Å². The van der Waals surface area contributed by atoms with Crippen LogP contribution in [0.25, 0.3) is 0 Å². The van der Waals surface area contributed by atoms with E-state index in [0.29, 0.717) is 5.92 Å². The van der Waals surface area contributed by atoms with Crippen molar-refractivity contribution in [2.24, 2.45) is 11.8 Å². The molecule has 0 heterocycles. The van der Waals surface area contributed by atoms with Gasteiger partial charge < -0.3 is 5.11 Å². The highest BCUT2D eigenvalue weighted by Gasteiger charge is 2.43. The van der Waals surface area contributed by atoms with Crippen molar-refractivity contribution in [2.45, 2.75) is 52.1 Å². The molecule has 3 atom stereocenters. The molecule has 0 saturated heterocycles. The molecule has 0 radical (unpaired) electrons. The van der Waals surface area contributed by atoms with Gasteiger partial charge in [0.2, 0.25) is 0 Å². The Kier molecular flexibility index (Phi) is 3.03. The molecule has 94 valence electrons. The fourth-order valence-corrected chi connectivity index (χ4v) is 3.24. The van der Waals surface area contributed by atoms with Gasteiger partial charge in [0.05, 0.1) is 5.60 Å². The third kappa shape index (κ3) is 2.11. The van der Waals surface area contributed by atoms with Gasteiger partial charge >= 0.3 is 0 Å². The zero-order valence-electron chi connectivity index (χ0n) is 11.0. The first-order valence-electron chi connectivity index (χ1n) is 6.47. The highest BCUT2D eigenvalue weighted by Crippen LogP contribution is 2.45. The number of hydrogen-bond donors (Lipinski definition) is 1. The van der Waals surface area contributed by atoms with Crippen molar-refractivity contribution in [1.82, 2.24) is 0 Å². The van der Waals surface area contributed by atoms with Crippen molar-refractivity contribution in [3.8, 4) is 0 Å². The van der Waals surface area contributed by atoms with E-state index in [4.69, 9.17) is 0 Å². The van der Waals surface area contributed by atoms with E-state index in [1.165, 1.54) is 5.57 Å². The van der Waals surface area contributed by atoms with E-state index in [9.17, 15) is 9.90 Å². The molecule has 2 heteroatoms. The molecule has 2 aliphatic carbocycles. The third-order valence-electron chi connectivity index (χ3n) is 4.37. The predicted octanol–water partition coefficient (Wildman–Crippen LogP) is 3.02. The normalized spacial score (nSPS) is 38.0. The lowest BCUT2D eigenvalue weighted by atomic mass is 9.85. The summed E-state index contributed by atoms with van der Waals surface area (Å²) in [7, 11) is 0. The molecular weight excluding hydrogens is 212 g/mol. The summed E-state index contributed by atoms with van der Waals surface area (Å²) < 4.78 is 0. The number of Topliss-reactive ketones (excluding diaryl/α,β-unsaturated/α-hetero) is 1. The van der Waals surface area contributed by atoms with Gasteiger partial charge in [-0.25, -0.2) is 0 Å². The fraction of sp³-hybridized carbons (Fsp3) is 0.667. The summed E-state index contributed by atoms with van der Waals surface area (Å²) in [6, 6.07) is 0. The van der Waals surface area contributed by atoms with Crippen LogP contribution in [-0.4, -0.2) is 16.5 Å². The summed E-state index contributed by atoms with van der Waals surface area (Å²) in [6.45, 7) is 9.97. The minimum Gasteiger partial charge on any atom is -0.385 e. The molecule has 1 N–H and O–H groups in total. The van der Waals surface area contributed by atoms with Crippen LogP contribution in [0, 0.1) is 11.8 Å². The Balaban J connectivity index is 2.41. The van der Waals surface area contributed by atoms with Crippen molar-refractivity contribution in [3.05, 3.63) is 23.3 Å². The molecular formula is C15H22O2. The highest BCUT2D eigenvalue weighted by atomic mass is 16.3. The average Bonchev–Trinajstić information content (AvgIpc) is 2.34. The zero-order valence-corrected chi connectivity index (χ0v) is 11.0. The summed E-state index contributed by atoms with van der Waals surface area (Å²) in [5.74, 6) is 0.859. The third-order valence-corrected chi connectivity index (χ3v) is 4.37. The van der Waals surface area contributed by atoms with Crippen LogP contribution in [0.3, 0.4) is 0 Å². The van der Waals surface area contributed by atoms with Crippen molar-refractivity contribution in [2.75, 3.05) is 0 Å². The van der Waals surface area contributed by atoms with Crippen LogP contribution in [0.5, 0.6) is 0 Å². The van der Waals surface area contributed by atoms with Crippen LogP contribution in [0.2, 0.25) is 0 Å². The second-order valence-electron chi connectivity index (χ2n) is 5.99. The van der Waals surface area contributed by atoms with Crippen LogP contribution in [-0.2, 0) is 4.79 Å². The van der Waals surface area contributed by atoms with Gasteiger partial charge in [-0.15, -0.1) is 0 Å². The summed E-state index contributed by atoms with van der Waals surface area (Å²) in [5.41, 5.74) is 2.15. The van der Waals surface area contributed by atoms with E-state index in [1.807, 2.05) is 6.92 Å². The molecule has 0 aromatic carbocycles. The van der Waals surface area contributed by atoms with Gasteiger partial charge in [-0.1, -0.05) is 19.1 Å². The maximum Gasteiger partial charge on any atom is 0.162 e. The highest BCUT2D eigenvalue weighted by molar-refractivity contribution is 6.01. The summed E-state index contributed by atoms with van der Waals surface area (Å²) in [4.78, 5) is 12.0. The standard InChI is InChI=1S/C15H22O2/c1-9(2)11-6-5-10(3)14-12(7-11)15(4,17)8-13(14)16/h10-11,17H,1,5-8H2,2-4H3/t10-,11-,15-/m0/s1. The first kappa shape index (κ1) is 12.6. The molecule has 2 nitrogen and oxygen atoms in total. The first-order valence-corrected chi connectivity index (χ1v) is 6.47. The lowest BCUT2D eigenvalue weighted by molar-refractivity contribution is -0.117. The number of carbonyl (C=O) groups excluding carboxylic acids is 1. The SMILES string of the molecule is C=C(C)[C@H]1CC[C@H](C)C2=C(C1)[C@@](C)(O)CC2=O. The van der Waals surface area contributed by atoms with Crippen LogP contribution in [0.4, 0.5) is 0 Å². The van der Waals surface area contributed by atoms with E-state index < -0.39 is 5.60 Å². The largest absolute Gasteiger partial charge is 0.385 e. The summed E-state index contributed by atoms with van der Waals surface area (Å²) in [6.07, 6.45) is 3.18. The Morgan fingerprint density at radius 1 is 1.47 bits per heavy atom. The maximum absolute atomic E-state index is 12.0. The van der Waals surface area contributed by atoms with Gasteiger partial charge in [0.1, 0.15) is 0 Å². The molecule has 0 fully saturated rings. The van der Waals surface area contributed by atoms with Crippen molar-refractivity contribution in [1.29, 1.82) is 0 Å². The summed E-state index contributed by atoms with van der Waals surface area (Å²) in [5, 5.41) is 10.4. The number of hydrogen-bond acceptors (Lipinski definition) is 2. The van der Waals surface area contributed by atoms with E-state index in [-0.39, 0.29) is 18.1 Å². The van der Waals surface area contributed by atoms with Crippen LogP contribution < -0.4 is 0 Å². The average molecular weight is 234 g/mol. The Labute approximate surface area is 103 Å². The molecule has 0 bridgehead atoms. The van der Waals surface area contributed by atoms with Crippen LogP contribution in [0.15, 0.2) is 23.3 Å². The van der Waals surface area contributed by atoms with Gasteiger partial charge in [0.15, 0.2) is 5.78 Å². The molecule has 0 aliphatic heterocycles. The number of allylic oxidation sites excluding steroid dienone is 2. The number of rotatable bonds is 1. The topological polar surface area (TPSA) is 37.3 Å². The molecule has 17 heavy (non-hydrogen) atoms. The quantitative estimate of drug-likeness (QED) is 0.708. The van der Waals surface area contributed by atoms with Gasteiger partial charge in [0.25, 0.3) is 0 Å². The minimum atomic E-state index is -0.918. The molecule has 0 unspecified atom stereocenters. The van der Waals surface area contributed by atoms with Crippen molar-refractivity contribution < 1.29 is 9.90 Å². The van der Waals surface area contributed by atoms with E-state index in [1.54, 1.807) is 6.92 Å². The molecule has 0 spiro atoms. The maximum atomic E-state index is 12.0. The predicted molar refractivity (Wildman–Crippen MR) is 68.6 cm³/mol. The minimum absolute atomic E-state index is 0.153. The smallest absolute Gasteiger partial charge is 0.162 e. The summed E-state index contributed by atoms with van der Waals surface area (Å²) >= 11 is 0. The van der Waals surface area contributed by atoms with Crippen LogP contribution >= 0.6 is 0 Å². The Morgan fingerprint density at radius 2 is 2.12 bits per heavy atom. The Bertz CT molecular complexity index is 401.